The zero-order valence-electron chi connectivity index (χ0n) is 17.3. The Morgan fingerprint density at radius 3 is 2.43 bits per heavy atom. The van der Waals surface area contributed by atoms with Gasteiger partial charge in [-0.2, -0.15) is 4.57 Å². The summed E-state index contributed by atoms with van der Waals surface area (Å²) < 4.78 is 7.01. The summed E-state index contributed by atoms with van der Waals surface area (Å²) in [6, 6.07) is 17.9. The monoisotopic (exact) mass is 402 g/mol. The topological polar surface area (TPSA) is 62.5 Å². The molecule has 0 fully saturated rings. The predicted molar refractivity (Wildman–Crippen MR) is 114 cm³/mol. The minimum Gasteiger partial charge on any atom is -0.497 e. The van der Waals surface area contributed by atoms with Crippen molar-refractivity contribution in [3.63, 3.8) is 0 Å². The van der Waals surface area contributed by atoms with E-state index in [1.165, 1.54) is 0 Å². The quantitative estimate of drug-likeness (QED) is 0.681. The van der Waals surface area contributed by atoms with Crippen LogP contribution in [-0.4, -0.2) is 18.9 Å². The van der Waals surface area contributed by atoms with Crippen molar-refractivity contribution in [2.45, 2.75) is 26.4 Å². The van der Waals surface area contributed by atoms with Crippen LogP contribution >= 0.6 is 0 Å². The molecule has 0 saturated heterocycles. The number of fused-ring (bicyclic) bond motifs is 1. The number of nitrogens with zero attached hydrogens (tertiary/aromatic N) is 2. The second-order valence-corrected chi connectivity index (χ2v) is 7.48. The molecule has 2 amide bonds. The number of nitrogens with one attached hydrogen (secondary N) is 1. The third-order valence-electron chi connectivity index (χ3n) is 5.18. The highest BCUT2D eigenvalue weighted by molar-refractivity contribution is 6.05. The molecule has 0 bridgehead atoms. The van der Waals surface area contributed by atoms with Crippen molar-refractivity contribution in [1.82, 2.24) is 0 Å². The molecule has 0 saturated carbocycles. The molecule has 1 N–H and O–H groups in total. The summed E-state index contributed by atoms with van der Waals surface area (Å²) in [5, 5.41) is 2.95. The van der Waals surface area contributed by atoms with Crippen LogP contribution in [0.5, 0.6) is 5.75 Å². The molecule has 4 rings (SSSR count). The van der Waals surface area contributed by atoms with Crippen LogP contribution in [0.25, 0.3) is 0 Å². The molecule has 0 spiro atoms. The molecule has 30 heavy (non-hydrogen) atoms. The van der Waals surface area contributed by atoms with E-state index in [1.54, 1.807) is 36.3 Å². The van der Waals surface area contributed by atoms with Crippen LogP contribution < -0.4 is 19.5 Å². The number of benzene rings is 2. The molecule has 1 aliphatic heterocycles. The number of amides is 2. The van der Waals surface area contributed by atoms with E-state index >= 15 is 0 Å². The molecule has 0 aliphatic carbocycles. The first kappa shape index (κ1) is 19.6. The van der Waals surface area contributed by atoms with Crippen LogP contribution in [-0.2, 0) is 16.1 Å². The van der Waals surface area contributed by atoms with E-state index in [-0.39, 0.29) is 18.4 Å². The Kier molecular flexibility index (Phi) is 5.23. The minimum absolute atomic E-state index is 0.126. The summed E-state index contributed by atoms with van der Waals surface area (Å²) in [4.78, 5) is 28.2. The molecule has 152 valence electrons. The minimum atomic E-state index is -0.782. The highest BCUT2D eigenvalue weighted by Gasteiger charge is 2.43. The number of ether oxygens (including phenoxy) is 1. The van der Waals surface area contributed by atoms with Gasteiger partial charge in [-0.3, -0.25) is 14.5 Å². The summed E-state index contributed by atoms with van der Waals surface area (Å²) >= 11 is 0. The number of hydrogen-bond donors (Lipinski definition) is 1. The largest absolute Gasteiger partial charge is 0.497 e. The van der Waals surface area contributed by atoms with Crippen LogP contribution in [0.15, 0.2) is 66.9 Å². The Bertz CT molecular complexity index is 1090. The summed E-state index contributed by atoms with van der Waals surface area (Å²) in [5.74, 6) is 0.310. The normalized spacial score (nSPS) is 15.5. The molecule has 0 unspecified atom stereocenters. The Labute approximate surface area is 175 Å². The SMILES string of the molecule is COc1ccc(NC(=O)[C@@H]2c3cccc[n+]3CC(=O)N2c2cc(C)cc(C)c2)cc1. The molecule has 2 heterocycles. The molecule has 1 atom stereocenters. The molecular formula is C24H24N3O3+. The number of carbonyl (C=O) groups is 2. The zero-order valence-corrected chi connectivity index (χ0v) is 17.3. The second-order valence-electron chi connectivity index (χ2n) is 7.48. The van der Waals surface area contributed by atoms with E-state index < -0.39 is 6.04 Å². The van der Waals surface area contributed by atoms with Crippen LogP contribution in [0, 0.1) is 13.8 Å². The van der Waals surface area contributed by atoms with Crippen molar-refractivity contribution in [1.29, 1.82) is 0 Å². The van der Waals surface area contributed by atoms with Crippen molar-refractivity contribution in [3.05, 3.63) is 83.7 Å². The number of rotatable bonds is 4. The highest BCUT2D eigenvalue weighted by Crippen LogP contribution is 2.31. The van der Waals surface area contributed by atoms with Crippen molar-refractivity contribution in [2.75, 3.05) is 17.3 Å². The van der Waals surface area contributed by atoms with Crippen molar-refractivity contribution >= 4 is 23.2 Å². The van der Waals surface area contributed by atoms with E-state index in [2.05, 4.69) is 5.32 Å². The maximum atomic E-state index is 13.4. The first-order valence-electron chi connectivity index (χ1n) is 9.80. The van der Waals surface area contributed by atoms with Crippen molar-refractivity contribution < 1.29 is 18.9 Å². The van der Waals surface area contributed by atoms with Crippen LogP contribution in [0.1, 0.15) is 22.9 Å². The Balaban J connectivity index is 1.76. The maximum Gasteiger partial charge on any atom is 0.294 e. The van der Waals surface area contributed by atoms with Gasteiger partial charge in [-0.1, -0.05) is 12.1 Å². The van der Waals surface area contributed by atoms with Gasteiger partial charge in [-0.15, -0.1) is 0 Å². The van der Waals surface area contributed by atoms with E-state index in [0.29, 0.717) is 11.4 Å². The predicted octanol–water partition coefficient (Wildman–Crippen LogP) is 3.33. The molecule has 6 nitrogen and oxygen atoms in total. The zero-order chi connectivity index (χ0) is 21.3. The van der Waals surface area contributed by atoms with Crippen LogP contribution in [0.4, 0.5) is 11.4 Å². The number of aryl methyl sites for hydroxylation is 2. The third-order valence-corrected chi connectivity index (χ3v) is 5.18. The summed E-state index contributed by atoms with van der Waals surface area (Å²) in [6.07, 6.45) is 1.83. The first-order valence-corrected chi connectivity index (χ1v) is 9.80. The lowest BCUT2D eigenvalue weighted by atomic mass is 10.0. The van der Waals surface area contributed by atoms with Gasteiger partial charge in [0.05, 0.1) is 7.11 Å². The number of hydrogen-bond acceptors (Lipinski definition) is 3. The Morgan fingerprint density at radius 2 is 1.77 bits per heavy atom. The number of carbonyl (C=O) groups excluding carboxylic acids is 2. The van der Waals surface area contributed by atoms with Crippen molar-refractivity contribution in [3.8, 4) is 5.75 Å². The lowest BCUT2D eigenvalue weighted by molar-refractivity contribution is -0.695. The molecule has 6 heteroatoms. The lowest BCUT2D eigenvalue weighted by Gasteiger charge is -2.32. The number of anilines is 2. The van der Waals surface area contributed by atoms with E-state index in [0.717, 1.165) is 22.5 Å². The summed E-state index contributed by atoms with van der Waals surface area (Å²) in [5.41, 5.74) is 4.21. The van der Waals surface area contributed by atoms with Gasteiger partial charge in [0.15, 0.2) is 6.20 Å². The van der Waals surface area contributed by atoms with Gasteiger partial charge < -0.3 is 10.1 Å². The van der Waals surface area contributed by atoms with E-state index in [4.69, 9.17) is 4.74 Å². The average Bonchev–Trinajstić information content (AvgIpc) is 2.72. The van der Waals surface area contributed by atoms with Gasteiger partial charge in [0, 0.05) is 23.5 Å². The molecule has 3 aromatic rings. The van der Waals surface area contributed by atoms with Gasteiger partial charge in [0.1, 0.15) is 5.75 Å². The summed E-state index contributed by atoms with van der Waals surface area (Å²) in [7, 11) is 1.59. The summed E-state index contributed by atoms with van der Waals surface area (Å²) in [6.45, 7) is 4.16. The van der Waals surface area contributed by atoms with Crippen LogP contribution in [0.2, 0.25) is 0 Å². The molecule has 1 aromatic heterocycles. The highest BCUT2D eigenvalue weighted by atomic mass is 16.5. The molecule has 1 aliphatic rings. The molecular weight excluding hydrogens is 378 g/mol. The van der Waals surface area contributed by atoms with Gasteiger partial charge in [0.2, 0.25) is 18.3 Å². The van der Waals surface area contributed by atoms with E-state index in [1.807, 2.05) is 61.0 Å². The van der Waals surface area contributed by atoms with Crippen LogP contribution in [0.3, 0.4) is 0 Å². The molecule has 0 radical (unpaired) electrons. The fourth-order valence-electron chi connectivity index (χ4n) is 3.90. The standard InChI is InChI=1S/C24H23N3O3/c1-16-12-17(2)14-19(13-16)27-22(28)15-26-11-5-4-6-21(26)23(27)24(29)25-18-7-9-20(30-3)10-8-18/h4-14,23H,15H2,1-3H3/p+1/t23-/m0/s1. The third kappa shape index (κ3) is 3.76. The Hall–Kier alpha value is -3.67. The number of methoxy groups -OCH3 is 1. The van der Waals surface area contributed by atoms with Gasteiger partial charge in [0.25, 0.3) is 11.8 Å². The number of aromatic nitrogens is 1. The average molecular weight is 402 g/mol. The number of pyridine rings is 1. The van der Waals surface area contributed by atoms with Gasteiger partial charge in [-0.05, 0) is 61.4 Å². The fraction of sp³-hybridized carbons (Fsp3) is 0.208. The molecule has 2 aromatic carbocycles. The lowest BCUT2D eigenvalue weighted by Crippen LogP contribution is -2.58. The van der Waals surface area contributed by atoms with E-state index in [9.17, 15) is 9.59 Å². The first-order chi connectivity index (χ1) is 14.5. The maximum absolute atomic E-state index is 13.4. The Morgan fingerprint density at radius 1 is 1.07 bits per heavy atom. The second kappa shape index (κ2) is 7.99. The smallest absolute Gasteiger partial charge is 0.294 e. The van der Waals surface area contributed by atoms with Gasteiger partial charge >= 0.3 is 0 Å². The van der Waals surface area contributed by atoms with Crippen molar-refractivity contribution in [2.24, 2.45) is 0 Å². The van der Waals surface area contributed by atoms with Gasteiger partial charge in [-0.25, -0.2) is 0 Å². The fourth-order valence-corrected chi connectivity index (χ4v) is 3.90.